The minimum Gasteiger partial charge on any atom is -0.466 e. The van der Waals surface area contributed by atoms with Gasteiger partial charge in [-0.15, -0.1) is 0 Å². The highest BCUT2D eigenvalue weighted by Gasteiger charge is 2.46. The number of imide groups is 1. The van der Waals surface area contributed by atoms with Gasteiger partial charge in [-0.1, -0.05) is 17.2 Å². The van der Waals surface area contributed by atoms with Crippen LogP contribution < -0.4 is 0 Å². The largest absolute Gasteiger partial charge is 0.466 e. The van der Waals surface area contributed by atoms with Crippen LogP contribution in [0.25, 0.3) is 0 Å². The molecule has 26 heavy (non-hydrogen) atoms. The van der Waals surface area contributed by atoms with E-state index in [0.717, 1.165) is 0 Å². The topological polar surface area (TPSA) is 99.2 Å². The smallest absolute Gasteiger partial charge is 0.334 e. The van der Waals surface area contributed by atoms with Crippen LogP contribution in [0.5, 0.6) is 0 Å². The molecule has 1 aromatic rings. The van der Waals surface area contributed by atoms with Gasteiger partial charge in [-0.25, -0.2) is 4.79 Å². The minimum atomic E-state index is -1.07. The van der Waals surface area contributed by atoms with E-state index in [1.807, 2.05) is 0 Å². The van der Waals surface area contributed by atoms with E-state index in [4.69, 9.17) is 14.3 Å². The van der Waals surface area contributed by atoms with E-state index >= 15 is 0 Å². The molecule has 2 aliphatic rings. The van der Waals surface area contributed by atoms with Gasteiger partial charge < -0.3 is 14.3 Å². The van der Waals surface area contributed by atoms with E-state index < -0.39 is 29.2 Å². The summed E-state index contributed by atoms with van der Waals surface area (Å²) in [5.74, 6) is -2.73. The zero-order valence-corrected chi connectivity index (χ0v) is 14.4. The molecular weight excluding hydrogens is 342 g/mol. The highest BCUT2D eigenvalue weighted by atomic mass is 16.7. The van der Waals surface area contributed by atoms with Crippen molar-refractivity contribution in [3.8, 4) is 0 Å². The molecule has 0 spiro atoms. The van der Waals surface area contributed by atoms with Crippen LogP contribution in [0.2, 0.25) is 0 Å². The van der Waals surface area contributed by atoms with E-state index in [-0.39, 0.29) is 24.2 Å². The standard InChI is InChI=1S/C18H19NO7/c1-2-25-17(23)18(7-9-24-10-8-18)11-14(20)26-19-15(21)12-5-3-4-6-13(12)16(19)22/h3-6H,2,7-11H2,1H3. The summed E-state index contributed by atoms with van der Waals surface area (Å²) < 4.78 is 10.4. The molecule has 1 aromatic carbocycles. The van der Waals surface area contributed by atoms with E-state index in [1.165, 1.54) is 12.1 Å². The number of hydroxylamine groups is 2. The lowest BCUT2D eigenvalue weighted by molar-refractivity contribution is -0.180. The van der Waals surface area contributed by atoms with Crippen LogP contribution in [0.15, 0.2) is 24.3 Å². The third kappa shape index (κ3) is 3.20. The Balaban J connectivity index is 1.72. The number of benzene rings is 1. The summed E-state index contributed by atoms with van der Waals surface area (Å²) in [6.45, 7) is 2.51. The predicted octanol–water partition coefficient (Wildman–Crippen LogP) is 1.49. The SMILES string of the molecule is CCOC(=O)C1(CC(=O)ON2C(=O)c3ccccc3C2=O)CCOCC1. The maximum atomic E-state index is 12.4. The first kappa shape index (κ1) is 18.1. The summed E-state index contributed by atoms with van der Waals surface area (Å²) >= 11 is 0. The molecule has 0 N–H and O–H groups in total. The van der Waals surface area contributed by atoms with Crippen molar-refractivity contribution in [2.45, 2.75) is 26.2 Å². The first-order valence-electron chi connectivity index (χ1n) is 8.42. The third-order valence-corrected chi connectivity index (χ3v) is 4.59. The Morgan fingerprint density at radius 1 is 1.12 bits per heavy atom. The fourth-order valence-electron chi connectivity index (χ4n) is 3.16. The Morgan fingerprint density at radius 3 is 2.23 bits per heavy atom. The van der Waals surface area contributed by atoms with Crippen LogP contribution in [-0.2, 0) is 23.9 Å². The molecule has 2 heterocycles. The lowest BCUT2D eigenvalue weighted by Crippen LogP contribution is -2.42. The molecule has 0 saturated carbocycles. The van der Waals surface area contributed by atoms with Gasteiger partial charge in [0.05, 0.1) is 29.6 Å². The number of carbonyl (C=O) groups is 4. The Hall–Kier alpha value is -2.74. The summed E-state index contributed by atoms with van der Waals surface area (Å²) in [4.78, 5) is 54.3. The van der Waals surface area contributed by atoms with Crippen molar-refractivity contribution in [1.82, 2.24) is 5.06 Å². The van der Waals surface area contributed by atoms with Crippen molar-refractivity contribution < 1.29 is 33.5 Å². The second-order valence-corrected chi connectivity index (χ2v) is 6.20. The average molecular weight is 361 g/mol. The van der Waals surface area contributed by atoms with Crippen LogP contribution in [-0.4, -0.2) is 48.6 Å². The van der Waals surface area contributed by atoms with Crippen molar-refractivity contribution in [1.29, 1.82) is 0 Å². The number of rotatable bonds is 5. The fraction of sp³-hybridized carbons (Fsp3) is 0.444. The first-order valence-corrected chi connectivity index (χ1v) is 8.42. The highest BCUT2D eigenvalue weighted by molar-refractivity contribution is 6.20. The Kier molecular flexibility index (Phi) is 5.03. The molecule has 0 atom stereocenters. The molecule has 1 fully saturated rings. The fourth-order valence-corrected chi connectivity index (χ4v) is 3.16. The van der Waals surface area contributed by atoms with Gasteiger partial charge >= 0.3 is 11.9 Å². The lowest BCUT2D eigenvalue weighted by atomic mass is 9.77. The number of esters is 1. The van der Waals surface area contributed by atoms with Gasteiger partial charge in [0.2, 0.25) is 0 Å². The number of carbonyl (C=O) groups excluding carboxylic acids is 4. The molecule has 0 aromatic heterocycles. The number of ether oxygens (including phenoxy) is 2. The Labute approximate surface area is 149 Å². The second-order valence-electron chi connectivity index (χ2n) is 6.20. The third-order valence-electron chi connectivity index (χ3n) is 4.59. The highest BCUT2D eigenvalue weighted by Crippen LogP contribution is 2.36. The normalized spacial score (nSPS) is 18.4. The van der Waals surface area contributed by atoms with E-state index in [9.17, 15) is 19.2 Å². The molecule has 2 amide bonds. The van der Waals surface area contributed by atoms with Gasteiger partial charge in [0.25, 0.3) is 11.8 Å². The van der Waals surface area contributed by atoms with Gasteiger partial charge in [0, 0.05) is 13.2 Å². The maximum absolute atomic E-state index is 12.4. The van der Waals surface area contributed by atoms with Crippen molar-refractivity contribution in [2.24, 2.45) is 5.41 Å². The summed E-state index contributed by atoms with van der Waals surface area (Å²) in [7, 11) is 0. The predicted molar refractivity (Wildman–Crippen MR) is 86.8 cm³/mol. The van der Waals surface area contributed by atoms with Crippen molar-refractivity contribution in [2.75, 3.05) is 19.8 Å². The molecule has 0 unspecified atom stereocenters. The second kappa shape index (κ2) is 7.25. The van der Waals surface area contributed by atoms with E-state index in [2.05, 4.69) is 0 Å². The zero-order valence-electron chi connectivity index (χ0n) is 14.4. The molecule has 0 radical (unpaired) electrons. The quantitative estimate of drug-likeness (QED) is 0.579. The first-order chi connectivity index (χ1) is 12.5. The van der Waals surface area contributed by atoms with Crippen LogP contribution in [0.1, 0.15) is 46.9 Å². The number of hydrogen-bond acceptors (Lipinski definition) is 7. The number of nitrogens with zero attached hydrogens (tertiary/aromatic N) is 1. The molecule has 3 rings (SSSR count). The van der Waals surface area contributed by atoms with Crippen molar-refractivity contribution >= 4 is 23.8 Å². The molecule has 8 heteroatoms. The average Bonchev–Trinajstić information content (AvgIpc) is 2.88. The Morgan fingerprint density at radius 2 is 1.69 bits per heavy atom. The summed E-state index contributed by atoms with van der Waals surface area (Å²) in [5.41, 5.74) is -0.711. The summed E-state index contributed by atoms with van der Waals surface area (Å²) in [5, 5.41) is 0.450. The Bertz CT molecular complexity index is 717. The molecule has 138 valence electrons. The molecule has 1 saturated heterocycles. The van der Waals surface area contributed by atoms with E-state index in [1.54, 1.807) is 19.1 Å². The van der Waals surface area contributed by atoms with Gasteiger partial charge in [-0.2, -0.15) is 0 Å². The van der Waals surface area contributed by atoms with Crippen molar-refractivity contribution in [3.05, 3.63) is 35.4 Å². The zero-order chi connectivity index (χ0) is 18.7. The van der Waals surface area contributed by atoms with Crippen LogP contribution >= 0.6 is 0 Å². The van der Waals surface area contributed by atoms with Crippen molar-refractivity contribution in [3.63, 3.8) is 0 Å². The van der Waals surface area contributed by atoms with E-state index in [0.29, 0.717) is 31.1 Å². The van der Waals surface area contributed by atoms with Crippen LogP contribution in [0.4, 0.5) is 0 Å². The summed E-state index contributed by atoms with van der Waals surface area (Å²) in [6, 6.07) is 6.21. The molecule has 8 nitrogen and oxygen atoms in total. The molecule has 2 aliphatic heterocycles. The molecule has 0 aliphatic carbocycles. The number of hydrogen-bond donors (Lipinski definition) is 0. The van der Waals surface area contributed by atoms with Gasteiger partial charge in [0.15, 0.2) is 0 Å². The number of amides is 2. The van der Waals surface area contributed by atoms with Gasteiger partial charge in [-0.3, -0.25) is 14.4 Å². The molecular formula is C18H19NO7. The minimum absolute atomic E-state index is 0.177. The summed E-state index contributed by atoms with van der Waals surface area (Å²) in [6.07, 6.45) is 0.328. The van der Waals surface area contributed by atoms with Crippen LogP contribution in [0, 0.1) is 5.41 Å². The van der Waals surface area contributed by atoms with Crippen LogP contribution in [0.3, 0.4) is 0 Å². The monoisotopic (exact) mass is 361 g/mol. The van der Waals surface area contributed by atoms with Gasteiger partial charge in [-0.05, 0) is 31.9 Å². The lowest BCUT2D eigenvalue weighted by Gasteiger charge is -2.33. The van der Waals surface area contributed by atoms with Gasteiger partial charge in [0.1, 0.15) is 0 Å². The maximum Gasteiger partial charge on any atom is 0.334 e. The number of fused-ring (bicyclic) bond motifs is 1. The molecule has 0 bridgehead atoms.